The summed E-state index contributed by atoms with van der Waals surface area (Å²) in [7, 11) is -3.54. The van der Waals surface area contributed by atoms with Crippen LogP contribution in [0.25, 0.3) is 0 Å². The van der Waals surface area contributed by atoms with Gasteiger partial charge in [-0.3, -0.25) is 9.62 Å². The number of ether oxygens (including phenoxy) is 1. The van der Waals surface area contributed by atoms with Crippen molar-refractivity contribution in [1.29, 1.82) is 0 Å². The second kappa shape index (κ2) is 9.86. The number of alkyl halides is 3. The van der Waals surface area contributed by atoms with Gasteiger partial charge in [0.05, 0.1) is 30.2 Å². The lowest BCUT2D eigenvalue weighted by molar-refractivity contribution is -0.125. The van der Waals surface area contributed by atoms with Crippen molar-refractivity contribution in [2.45, 2.75) is 25.3 Å². The molecule has 1 unspecified atom stereocenters. The Bertz CT molecular complexity index is 1020. The molecule has 0 radical (unpaired) electrons. The molecule has 0 aliphatic carbocycles. The topological polar surface area (TPSA) is 61.9 Å². The SMILES string of the molecule is C=CCC1=CC=C(C(F)(F)F)N(Cc2ccc(NS(C)(=O)=O)c(Cl)c2)C1N1CCOCC1. The summed E-state index contributed by atoms with van der Waals surface area (Å²) in [4.78, 5) is 3.29. The number of allylic oxidation sites excluding steroid dienone is 4. The van der Waals surface area contributed by atoms with E-state index in [0.717, 1.165) is 17.9 Å². The van der Waals surface area contributed by atoms with Crippen LogP contribution in [0.15, 0.2) is 54.3 Å². The Kier molecular flexibility index (Phi) is 7.59. The van der Waals surface area contributed by atoms with Gasteiger partial charge in [-0.25, -0.2) is 8.42 Å². The van der Waals surface area contributed by atoms with Crippen LogP contribution >= 0.6 is 11.6 Å². The number of nitrogens with zero attached hydrogens (tertiary/aromatic N) is 2. The molecule has 0 saturated carbocycles. The second-order valence-corrected chi connectivity index (χ2v) is 9.78. The minimum Gasteiger partial charge on any atom is -0.379 e. The molecular weight excluding hydrogens is 467 g/mol. The Balaban J connectivity index is 1.98. The van der Waals surface area contributed by atoms with Crippen molar-refractivity contribution in [2.75, 3.05) is 37.3 Å². The first-order valence-corrected chi connectivity index (χ1v) is 12.2. The molecular formula is C21H25ClF3N3O3S. The highest BCUT2D eigenvalue weighted by atomic mass is 35.5. The maximum atomic E-state index is 14.0. The molecule has 1 N–H and O–H groups in total. The fourth-order valence-corrected chi connectivity index (χ4v) is 4.74. The van der Waals surface area contributed by atoms with E-state index in [1.54, 1.807) is 12.1 Å². The van der Waals surface area contributed by atoms with Gasteiger partial charge in [0, 0.05) is 19.6 Å². The van der Waals surface area contributed by atoms with E-state index in [9.17, 15) is 21.6 Å². The van der Waals surface area contributed by atoms with E-state index >= 15 is 0 Å². The van der Waals surface area contributed by atoms with Crippen molar-refractivity contribution in [3.05, 3.63) is 64.9 Å². The van der Waals surface area contributed by atoms with E-state index in [4.69, 9.17) is 16.3 Å². The molecule has 2 aliphatic rings. The van der Waals surface area contributed by atoms with Crippen molar-refractivity contribution in [2.24, 2.45) is 0 Å². The number of anilines is 1. The summed E-state index contributed by atoms with van der Waals surface area (Å²) in [5.74, 6) is 0. The Morgan fingerprint density at radius 3 is 2.53 bits per heavy atom. The highest BCUT2D eigenvalue weighted by molar-refractivity contribution is 7.92. The minimum absolute atomic E-state index is 0.0687. The lowest BCUT2D eigenvalue weighted by Gasteiger charge is -2.46. The molecule has 6 nitrogen and oxygen atoms in total. The average Bonchev–Trinajstić information content (AvgIpc) is 2.69. The van der Waals surface area contributed by atoms with Gasteiger partial charge in [0.15, 0.2) is 0 Å². The molecule has 0 amide bonds. The monoisotopic (exact) mass is 491 g/mol. The molecule has 32 heavy (non-hydrogen) atoms. The van der Waals surface area contributed by atoms with Crippen LogP contribution in [-0.4, -0.2) is 63.1 Å². The summed E-state index contributed by atoms with van der Waals surface area (Å²) in [6.07, 6.45) is 0.550. The Hall–Kier alpha value is -2.01. The minimum atomic E-state index is -4.55. The molecule has 1 saturated heterocycles. The number of rotatable bonds is 7. The lowest BCUT2D eigenvalue weighted by Crippen LogP contribution is -2.55. The molecule has 11 heteroatoms. The quantitative estimate of drug-likeness (QED) is 0.581. The molecule has 0 spiro atoms. The number of nitrogens with one attached hydrogen (secondary N) is 1. The predicted molar refractivity (Wildman–Crippen MR) is 119 cm³/mol. The smallest absolute Gasteiger partial charge is 0.379 e. The average molecular weight is 492 g/mol. The van der Waals surface area contributed by atoms with Gasteiger partial charge >= 0.3 is 6.18 Å². The summed E-state index contributed by atoms with van der Waals surface area (Å²) in [6.45, 7) is 5.55. The Labute approximate surface area is 191 Å². The second-order valence-electron chi connectivity index (χ2n) is 7.62. The summed E-state index contributed by atoms with van der Waals surface area (Å²) >= 11 is 6.21. The zero-order valence-electron chi connectivity index (χ0n) is 17.5. The van der Waals surface area contributed by atoms with Crippen LogP contribution in [0.5, 0.6) is 0 Å². The van der Waals surface area contributed by atoms with Crippen molar-refractivity contribution < 1.29 is 26.3 Å². The van der Waals surface area contributed by atoms with Gasteiger partial charge in [-0.1, -0.05) is 29.8 Å². The maximum absolute atomic E-state index is 14.0. The number of sulfonamides is 1. The predicted octanol–water partition coefficient (Wildman–Crippen LogP) is 4.13. The van der Waals surface area contributed by atoms with E-state index in [1.165, 1.54) is 23.1 Å². The number of morpholine rings is 1. The first kappa shape index (κ1) is 24.6. The van der Waals surface area contributed by atoms with Gasteiger partial charge < -0.3 is 9.64 Å². The lowest BCUT2D eigenvalue weighted by atomic mass is 10.00. The molecule has 3 rings (SSSR count). The van der Waals surface area contributed by atoms with Gasteiger partial charge in [-0.05, 0) is 35.8 Å². The molecule has 2 aliphatic heterocycles. The van der Waals surface area contributed by atoms with Crippen molar-refractivity contribution in [1.82, 2.24) is 9.80 Å². The highest BCUT2D eigenvalue weighted by Gasteiger charge is 2.44. The molecule has 2 heterocycles. The first-order chi connectivity index (χ1) is 15.0. The van der Waals surface area contributed by atoms with Crippen LogP contribution in [0.3, 0.4) is 0 Å². The highest BCUT2D eigenvalue weighted by Crippen LogP contribution is 2.38. The van der Waals surface area contributed by atoms with Crippen molar-refractivity contribution >= 4 is 27.3 Å². The number of halogens is 4. The molecule has 1 aromatic rings. The van der Waals surface area contributed by atoms with Crippen LogP contribution in [0.4, 0.5) is 18.9 Å². The van der Waals surface area contributed by atoms with E-state index in [0.29, 0.717) is 38.3 Å². The van der Waals surface area contributed by atoms with E-state index in [-0.39, 0.29) is 17.3 Å². The zero-order valence-corrected chi connectivity index (χ0v) is 19.1. The molecule has 0 aromatic heterocycles. The van der Waals surface area contributed by atoms with Gasteiger partial charge in [-0.2, -0.15) is 13.2 Å². The number of benzene rings is 1. The third-order valence-electron chi connectivity index (χ3n) is 5.14. The van der Waals surface area contributed by atoms with E-state index in [2.05, 4.69) is 11.3 Å². The van der Waals surface area contributed by atoms with Gasteiger partial charge in [0.25, 0.3) is 0 Å². The van der Waals surface area contributed by atoms with Crippen LogP contribution in [0.2, 0.25) is 5.02 Å². The van der Waals surface area contributed by atoms with Gasteiger partial charge in [0.1, 0.15) is 11.9 Å². The van der Waals surface area contributed by atoms with E-state index < -0.39 is 28.1 Å². The molecule has 0 bridgehead atoms. The third kappa shape index (κ3) is 6.06. The fourth-order valence-electron chi connectivity index (χ4n) is 3.86. The first-order valence-electron chi connectivity index (χ1n) is 9.93. The molecule has 1 fully saturated rings. The number of hydrogen-bond donors (Lipinski definition) is 1. The van der Waals surface area contributed by atoms with Crippen molar-refractivity contribution in [3.63, 3.8) is 0 Å². The zero-order chi connectivity index (χ0) is 23.5. The molecule has 176 valence electrons. The van der Waals surface area contributed by atoms with Crippen LogP contribution < -0.4 is 4.72 Å². The Morgan fingerprint density at radius 2 is 1.97 bits per heavy atom. The summed E-state index contributed by atoms with van der Waals surface area (Å²) in [5.41, 5.74) is 0.732. The summed E-state index contributed by atoms with van der Waals surface area (Å²) in [5, 5.41) is 0.104. The summed E-state index contributed by atoms with van der Waals surface area (Å²) < 4.78 is 72.6. The number of hydrogen-bond acceptors (Lipinski definition) is 5. The maximum Gasteiger partial charge on any atom is 0.431 e. The molecule has 1 aromatic carbocycles. The largest absolute Gasteiger partial charge is 0.431 e. The van der Waals surface area contributed by atoms with E-state index in [1.807, 2.05) is 4.90 Å². The van der Waals surface area contributed by atoms with Crippen LogP contribution in [0.1, 0.15) is 12.0 Å². The van der Waals surface area contributed by atoms with Gasteiger partial charge in [-0.15, -0.1) is 6.58 Å². The van der Waals surface area contributed by atoms with Crippen LogP contribution in [-0.2, 0) is 21.3 Å². The Morgan fingerprint density at radius 1 is 1.28 bits per heavy atom. The van der Waals surface area contributed by atoms with Crippen LogP contribution in [0, 0.1) is 0 Å². The van der Waals surface area contributed by atoms with Gasteiger partial charge in [0.2, 0.25) is 10.0 Å². The third-order valence-corrected chi connectivity index (χ3v) is 6.04. The summed E-state index contributed by atoms with van der Waals surface area (Å²) in [6, 6.07) is 4.49. The fraction of sp³-hybridized carbons (Fsp3) is 0.429. The normalized spacial score (nSPS) is 20.5. The standard InChI is InChI=1S/C21H25ClF3N3O3S/c1-3-4-16-6-8-19(21(23,24)25)28(20(16)27-9-11-31-12-10-27)14-15-5-7-18(17(22)13-15)26-32(2,29)30/h3,5-8,13,20,26H,1,4,9-12,14H2,2H3. The molecule has 1 atom stereocenters. The van der Waals surface area contributed by atoms with Crippen molar-refractivity contribution in [3.8, 4) is 0 Å².